The molecule has 0 radical (unpaired) electrons. The van der Waals surface area contributed by atoms with E-state index >= 15 is 0 Å². The number of ether oxygens (including phenoxy) is 3. The smallest absolute Gasteiger partial charge is 0.160 e. The fourth-order valence-electron chi connectivity index (χ4n) is 2.90. The summed E-state index contributed by atoms with van der Waals surface area (Å²) in [7, 11) is 4.81. The van der Waals surface area contributed by atoms with Gasteiger partial charge in [-0.05, 0) is 42.3 Å². The van der Waals surface area contributed by atoms with Crippen molar-refractivity contribution in [2.45, 2.75) is 6.42 Å². The number of nitrogens with two attached hydrogens (primary N) is 1. The minimum Gasteiger partial charge on any atom is -0.495 e. The summed E-state index contributed by atoms with van der Waals surface area (Å²) < 4.78 is 16.0. The lowest BCUT2D eigenvalue weighted by atomic mass is 10.1. The molecule has 2 aromatic carbocycles. The first-order valence-corrected chi connectivity index (χ1v) is 9.59. The first-order chi connectivity index (χ1) is 14.5. The van der Waals surface area contributed by atoms with Gasteiger partial charge in [-0.1, -0.05) is 17.7 Å². The summed E-state index contributed by atoms with van der Waals surface area (Å²) in [6.45, 7) is 0.622. The van der Waals surface area contributed by atoms with Crippen LogP contribution < -0.4 is 30.6 Å². The molecule has 4 N–H and O–H groups in total. The Hall–Kier alpha value is -3.39. The molecule has 0 aliphatic heterocycles. The second-order valence-corrected chi connectivity index (χ2v) is 6.76. The Balaban J connectivity index is 1.69. The van der Waals surface area contributed by atoms with Gasteiger partial charge in [0, 0.05) is 11.6 Å². The van der Waals surface area contributed by atoms with Crippen molar-refractivity contribution in [3.63, 3.8) is 0 Å². The standard InChI is InChI=1S/C21H24ClN5O3/c1-28-16-7-5-14(22)11-15(16)27-21-19(23)20(25-12-26-21)24-9-8-13-4-6-17(29-2)18(10-13)30-3/h4-7,10-12H,8-9,23H2,1-3H3,(H2,24,25,26,27). The summed E-state index contributed by atoms with van der Waals surface area (Å²) in [6.07, 6.45) is 2.18. The third-order valence-electron chi connectivity index (χ3n) is 4.45. The summed E-state index contributed by atoms with van der Waals surface area (Å²) in [5, 5.41) is 6.97. The van der Waals surface area contributed by atoms with Crippen LogP contribution in [0, 0.1) is 0 Å². The van der Waals surface area contributed by atoms with Crippen LogP contribution in [0.25, 0.3) is 0 Å². The largest absolute Gasteiger partial charge is 0.495 e. The predicted octanol–water partition coefficient (Wildman–Crippen LogP) is 4.14. The summed E-state index contributed by atoms with van der Waals surface area (Å²) in [5.41, 5.74) is 8.41. The molecule has 8 nitrogen and oxygen atoms in total. The molecule has 158 valence electrons. The van der Waals surface area contributed by atoms with E-state index < -0.39 is 0 Å². The molecule has 0 fully saturated rings. The van der Waals surface area contributed by atoms with Gasteiger partial charge < -0.3 is 30.6 Å². The van der Waals surface area contributed by atoms with Crippen molar-refractivity contribution in [2.75, 3.05) is 44.2 Å². The van der Waals surface area contributed by atoms with Crippen molar-refractivity contribution in [1.82, 2.24) is 9.97 Å². The van der Waals surface area contributed by atoms with Crippen molar-refractivity contribution in [2.24, 2.45) is 0 Å². The summed E-state index contributed by atoms with van der Waals surface area (Å²) >= 11 is 6.09. The zero-order valence-electron chi connectivity index (χ0n) is 17.0. The lowest BCUT2D eigenvalue weighted by molar-refractivity contribution is 0.354. The molecule has 0 saturated heterocycles. The number of nitrogens with zero attached hydrogens (tertiary/aromatic N) is 2. The number of hydrogen-bond acceptors (Lipinski definition) is 8. The molecule has 0 unspecified atom stereocenters. The Morgan fingerprint density at radius 1 is 0.900 bits per heavy atom. The number of nitrogen functional groups attached to an aromatic ring is 1. The molecular weight excluding hydrogens is 406 g/mol. The van der Waals surface area contributed by atoms with Gasteiger partial charge in [0.15, 0.2) is 23.1 Å². The van der Waals surface area contributed by atoms with Crippen LogP contribution in [0.3, 0.4) is 0 Å². The number of nitrogens with one attached hydrogen (secondary N) is 2. The molecule has 9 heteroatoms. The maximum Gasteiger partial charge on any atom is 0.160 e. The SMILES string of the molecule is COc1ccc(Cl)cc1Nc1ncnc(NCCc2ccc(OC)c(OC)c2)c1N. The third-order valence-corrected chi connectivity index (χ3v) is 4.69. The zero-order chi connectivity index (χ0) is 21.5. The number of hydrogen-bond donors (Lipinski definition) is 3. The van der Waals surface area contributed by atoms with E-state index in [9.17, 15) is 0 Å². The molecule has 0 spiro atoms. The predicted molar refractivity (Wildman–Crippen MR) is 119 cm³/mol. The quantitative estimate of drug-likeness (QED) is 0.466. The van der Waals surface area contributed by atoms with Crippen molar-refractivity contribution >= 4 is 34.6 Å². The molecule has 30 heavy (non-hydrogen) atoms. The molecule has 0 bridgehead atoms. The number of benzene rings is 2. The van der Waals surface area contributed by atoms with E-state index in [0.717, 1.165) is 12.0 Å². The van der Waals surface area contributed by atoms with E-state index in [0.29, 0.717) is 51.8 Å². The van der Waals surface area contributed by atoms with Crippen molar-refractivity contribution in [3.8, 4) is 17.2 Å². The van der Waals surface area contributed by atoms with E-state index in [1.807, 2.05) is 18.2 Å². The second kappa shape index (κ2) is 9.89. The second-order valence-electron chi connectivity index (χ2n) is 6.32. The Morgan fingerprint density at radius 3 is 2.33 bits per heavy atom. The van der Waals surface area contributed by atoms with Gasteiger partial charge >= 0.3 is 0 Å². The van der Waals surface area contributed by atoms with E-state index in [4.69, 9.17) is 31.5 Å². The Bertz CT molecular complexity index is 1020. The zero-order valence-corrected chi connectivity index (χ0v) is 17.8. The lowest BCUT2D eigenvalue weighted by Crippen LogP contribution is -2.11. The monoisotopic (exact) mass is 429 g/mol. The summed E-state index contributed by atoms with van der Waals surface area (Å²) in [5.74, 6) is 3.01. The fourth-order valence-corrected chi connectivity index (χ4v) is 3.07. The van der Waals surface area contributed by atoms with Gasteiger partial charge in [-0.3, -0.25) is 0 Å². The van der Waals surface area contributed by atoms with Crippen molar-refractivity contribution in [1.29, 1.82) is 0 Å². The molecule has 3 aromatic rings. The van der Waals surface area contributed by atoms with Gasteiger partial charge in [-0.2, -0.15) is 0 Å². The highest BCUT2D eigenvalue weighted by Gasteiger charge is 2.11. The minimum atomic E-state index is 0.395. The number of anilines is 4. The highest BCUT2D eigenvalue weighted by atomic mass is 35.5. The van der Waals surface area contributed by atoms with Crippen LogP contribution in [0.15, 0.2) is 42.7 Å². The van der Waals surface area contributed by atoms with Crippen LogP contribution in [-0.4, -0.2) is 37.8 Å². The maximum atomic E-state index is 6.26. The van der Waals surface area contributed by atoms with Gasteiger partial charge in [-0.25, -0.2) is 9.97 Å². The molecule has 0 amide bonds. The van der Waals surface area contributed by atoms with Gasteiger partial charge in [-0.15, -0.1) is 0 Å². The molecule has 3 rings (SSSR count). The van der Waals surface area contributed by atoms with Crippen LogP contribution in [0.1, 0.15) is 5.56 Å². The number of aromatic nitrogens is 2. The van der Waals surface area contributed by atoms with Gasteiger partial charge in [0.2, 0.25) is 0 Å². The fraction of sp³-hybridized carbons (Fsp3) is 0.238. The maximum absolute atomic E-state index is 6.26. The minimum absolute atomic E-state index is 0.395. The van der Waals surface area contributed by atoms with Crippen LogP contribution in [-0.2, 0) is 6.42 Å². The van der Waals surface area contributed by atoms with E-state index in [-0.39, 0.29) is 0 Å². The topological polar surface area (TPSA) is 104 Å². The van der Waals surface area contributed by atoms with Crippen LogP contribution in [0.2, 0.25) is 5.02 Å². The van der Waals surface area contributed by atoms with Crippen LogP contribution >= 0.6 is 11.6 Å². The Morgan fingerprint density at radius 2 is 1.60 bits per heavy atom. The Labute approximate surface area is 180 Å². The normalized spacial score (nSPS) is 10.4. The molecule has 0 aliphatic carbocycles. The van der Waals surface area contributed by atoms with E-state index in [2.05, 4.69) is 20.6 Å². The molecule has 1 aromatic heterocycles. The summed E-state index contributed by atoms with van der Waals surface area (Å²) in [6, 6.07) is 11.1. The van der Waals surface area contributed by atoms with Gasteiger partial charge in [0.05, 0.1) is 27.0 Å². The number of methoxy groups -OCH3 is 3. The molecule has 0 saturated carbocycles. The average molecular weight is 430 g/mol. The van der Waals surface area contributed by atoms with Crippen molar-refractivity contribution in [3.05, 3.63) is 53.3 Å². The third kappa shape index (κ3) is 4.96. The average Bonchev–Trinajstić information content (AvgIpc) is 2.76. The van der Waals surface area contributed by atoms with E-state index in [1.54, 1.807) is 39.5 Å². The van der Waals surface area contributed by atoms with Crippen LogP contribution in [0.5, 0.6) is 17.2 Å². The number of halogens is 1. The lowest BCUT2D eigenvalue weighted by Gasteiger charge is -2.15. The van der Waals surface area contributed by atoms with Gasteiger partial charge in [0.1, 0.15) is 17.8 Å². The van der Waals surface area contributed by atoms with E-state index in [1.165, 1.54) is 6.33 Å². The van der Waals surface area contributed by atoms with Gasteiger partial charge in [0.25, 0.3) is 0 Å². The number of rotatable bonds is 9. The molecular formula is C21H24ClN5O3. The highest BCUT2D eigenvalue weighted by molar-refractivity contribution is 6.31. The van der Waals surface area contributed by atoms with Crippen LogP contribution in [0.4, 0.5) is 23.0 Å². The molecule has 0 aliphatic rings. The first-order valence-electron chi connectivity index (χ1n) is 9.21. The highest BCUT2D eigenvalue weighted by Crippen LogP contribution is 2.33. The molecule has 0 atom stereocenters. The molecule has 1 heterocycles. The van der Waals surface area contributed by atoms with Crippen molar-refractivity contribution < 1.29 is 14.2 Å². The Kier molecular flexibility index (Phi) is 7.03. The summed E-state index contributed by atoms with van der Waals surface area (Å²) in [4.78, 5) is 8.47. The first kappa shape index (κ1) is 21.3.